The maximum atomic E-state index is 13.5. The minimum atomic E-state index is -0.371. The van der Waals surface area contributed by atoms with Crippen LogP contribution in [-0.4, -0.2) is 29.4 Å². The Labute approximate surface area is 149 Å². The number of fused-ring (bicyclic) bond motifs is 1. The third-order valence-corrected chi connectivity index (χ3v) is 4.28. The van der Waals surface area contributed by atoms with Crippen LogP contribution in [-0.2, 0) is 11.8 Å². The van der Waals surface area contributed by atoms with Crippen molar-refractivity contribution in [3.8, 4) is 33.9 Å². The first-order valence-corrected chi connectivity index (χ1v) is 8.00. The summed E-state index contributed by atoms with van der Waals surface area (Å²) in [6.45, 7) is 0.0100. The van der Waals surface area contributed by atoms with E-state index in [9.17, 15) is 9.18 Å². The maximum Gasteiger partial charge on any atom is 0.262 e. The summed E-state index contributed by atoms with van der Waals surface area (Å²) in [5, 5.41) is 7.15. The quantitative estimate of drug-likeness (QED) is 0.785. The van der Waals surface area contributed by atoms with Crippen LogP contribution >= 0.6 is 0 Å². The highest BCUT2D eigenvalue weighted by Gasteiger charge is 2.20. The van der Waals surface area contributed by atoms with Gasteiger partial charge in [-0.25, -0.2) is 4.39 Å². The molecule has 1 amide bonds. The van der Waals surface area contributed by atoms with Crippen LogP contribution in [0.2, 0.25) is 0 Å². The monoisotopic (exact) mass is 353 g/mol. The molecule has 0 atom stereocenters. The first kappa shape index (κ1) is 16.1. The van der Waals surface area contributed by atoms with E-state index in [1.807, 2.05) is 25.2 Å². The van der Waals surface area contributed by atoms with Gasteiger partial charge in [0, 0.05) is 29.8 Å². The fourth-order valence-electron chi connectivity index (χ4n) is 3.09. The number of aryl methyl sites for hydroxylation is 1. The predicted molar refractivity (Wildman–Crippen MR) is 94.7 cm³/mol. The van der Waals surface area contributed by atoms with Crippen LogP contribution in [0.15, 0.2) is 42.6 Å². The zero-order valence-electron chi connectivity index (χ0n) is 14.2. The average Bonchev–Trinajstić information content (AvgIpc) is 3.02. The number of nitrogens with zero attached hydrogens (tertiary/aromatic N) is 2. The summed E-state index contributed by atoms with van der Waals surface area (Å²) in [4.78, 5) is 11.6. The van der Waals surface area contributed by atoms with Gasteiger partial charge in [0.15, 0.2) is 6.61 Å². The van der Waals surface area contributed by atoms with Crippen LogP contribution in [0.3, 0.4) is 0 Å². The minimum Gasteiger partial charge on any atom is -0.496 e. The lowest BCUT2D eigenvalue weighted by Gasteiger charge is -2.19. The number of ether oxygens (including phenoxy) is 2. The highest BCUT2D eigenvalue weighted by molar-refractivity contribution is 5.96. The van der Waals surface area contributed by atoms with Crippen LogP contribution in [0.4, 0.5) is 10.1 Å². The van der Waals surface area contributed by atoms with Gasteiger partial charge in [-0.2, -0.15) is 5.10 Å². The van der Waals surface area contributed by atoms with Crippen molar-refractivity contribution in [2.45, 2.75) is 0 Å². The molecule has 132 valence electrons. The molecule has 2 heterocycles. The molecule has 0 saturated heterocycles. The molecule has 4 rings (SSSR count). The molecule has 2 aromatic carbocycles. The van der Waals surface area contributed by atoms with E-state index in [1.165, 1.54) is 19.2 Å². The van der Waals surface area contributed by atoms with Gasteiger partial charge < -0.3 is 14.8 Å². The minimum absolute atomic E-state index is 0.0100. The normalized spacial score (nSPS) is 13.0. The smallest absolute Gasteiger partial charge is 0.262 e. The van der Waals surface area contributed by atoms with Crippen molar-refractivity contribution in [3.63, 3.8) is 0 Å². The number of aromatic nitrogens is 2. The molecule has 1 aliphatic heterocycles. The van der Waals surface area contributed by atoms with Gasteiger partial charge in [-0.1, -0.05) is 0 Å². The molecule has 0 fully saturated rings. The molecular formula is C19H16FN3O3. The number of anilines is 1. The van der Waals surface area contributed by atoms with Gasteiger partial charge in [0.1, 0.15) is 17.3 Å². The third-order valence-electron chi connectivity index (χ3n) is 4.28. The second-order valence-electron chi connectivity index (χ2n) is 5.92. The molecule has 3 aromatic rings. The van der Waals surface area contributed by atoms with E-state index in [1.54, 1.807) is 16.9 Å². The lowest BCUT2D eigenvalue weighted by atomic mass is 10.00. The molecule has 7 heteroatoms. The van der Waals surface area contributed by atoms with Crippen molar-refractivity contribution in [1.29, 1.82) is 0 Å². The molecule has 0 spiro atoms. The highest BCUT2D eigenvalue weighted by Crippen LogP contribution is 2.39. The van der Waals surface area contributed by atoms with Crippen molar-refractivity contribution in [1.82, 2.24) is 9.78 Å². The molecule has 6 nitrogen and oxygen atoms in total. The molecule has 1 aliphatic rings. The molecule has 1 aromatic heterocycles. The average molecular weight is 353 g/mol. The molecule has 26 heavy (non-hydrogen) atoms. The maximum absolute atomic E-state index is 13.5. The first-order valence-electron chi connectivity index (χ1n) is 8.00. The van der Waals surface area contributed by atoms with E-state index >= 15 is 0 Å². The number of hydrogen-bond donors (Lipinski definition) is 1. The third kappa shape index (κ3) is 2.67. The number of amides is 1. The van der Waals surface area contributed by atoms with Crippen LogP contribution in [0.5, 0.6) is 11.5 Å². The van der Waals surface area contributed by atoms with Crippen molar-refractivity contribution < 1.29 is 18.7 Å². The van der Waals surface area contributed by atoms with E-state index in [2.05, 4.69) is 10.4 Å². The summed E-state index contributed by atoms with van der Waals surface area (Å²) in [7, 11) is 3.32. The summed E-state index contributed by atoms with van der Waals surface area (Å²) in [6, 6.07) is 9.93. The molecule has 1 N–H and O–H groups in total. The van der Waals surface area contributed by atoms with Gasteiger partial charge in [-0.15, -0.1) is 0 Å². The van der Waals surface area contributed by atoms with Gasteiger partial charge >= 0.3 is 0 Å². The van der Waals surface area contributed by atoms with Gasteiger partial charge in [0.25, 0.3) is 5.91 Å². The summed E-state index contributed by atoms with van der Waals surface area (Å²) < 4.78 is 26.0. The van der Waals surface area contributed by atoms with Gasteiger partial charge in [0.2, 0.25) is 0 Å². The van der Waals surface area contributed by atoms with Crippen molar-refractivity contribution in [3.05, 3.63) is 48.4 Å². The Hall–Kier alpha value is -3.35. The lowest BCUT2D eigenvalue weighted by molar-refractivity contribution is -0.118. The number of halogens is 1. The molecule has 0 aliphatic carbocycles. The van der Waals surface area contributed by atoms with E-state index < -0.39 is 0 Å². The topological polar surface area (TPSA) is 65.4 Å². The molecule has 0 bridgehead atoms. The van der Waals surface area contributed by atoms with Gasteiger partial charge in [0.05, 0.1) is 24.7 Å². The largest absolute Gasteiger partial charge is 0.496 e. The zero-order valence-corrected chi connectivity index (χ0v) is 14.2. The number of carbonyl (C=O) groups is 1. The van der Waals surface area contributed by atoms with E-state index in [0.29, 0.717) is 17.2 Å². The predicted octanol–water partition coefficient (Wildman–Crippen LogP) is 3.23. The number of nitrogens with one attached hydrogen (secondary N) is 1. The first-order chi connectivity index (χ1) is 12.6. The van der Waals surface area contributed by atoms with Crippen molar-refractivity contribution >= 4 is 11.6 Å². The van der Waals surface area contributed by atoms with Crippen LogP contribution in [0.25, 0.3) is 22.4 Å². The number of carbonyl (C=O) groups excluding carboxylic acids is 1. The van der Waals surface area contributed by atoms with Crippen molar-refractivity contribution in [2.24, 2.45) is 7.05 Å². The van der Waals surface area contributed by atoms with E-state index in [4.69, 9.17) is 9.47 Å². The highest BCUT2D eigenvalue weighted by atomic mass is 19.1. The Kier molecular flexibility index (Phi) is 3.84. The van der Waals surface area contributed by atoms with Crippen LogP contribution < -0.4 is 14.8 Å². The summed E-state index contributed by atoms with van der Waals surface area (Å²) >= 11 is 0. The summed E-state index contributed by atoms with van der Waals surface area (Å²) in [5.74, 6) is 0.482. The lowest BCUT2D eigenvalue weighted by Crippen LogP contribution is -2.25. The SMILES string of the molecule is COc1cc(F)ccc1-c1cnn(C)c1-c1ccc2c(c1)NC(=O)CO2. The molecule has 0 saturated carbocycles. The van der Waals surface area contributed by atoms with Crippen LogP contribution in [0, 0.1) is 5.82 Å². The summed E-state index contributed by atoms with van der Waals surface area (Å²) in [5.41, 5.74) is 3.80. The number of methoxy groups -OCH3 is 1. The van der Waals surface area contributed by atoms with Gasteiger partial charge in [-0.05, 0) is 30.3 Å². The molecule has 0 radical (unpaired) electrons. The van der Waals surface area contributed by atoms with E-state index in [-0.39, 0.29) is 18.3 Å². The fourth-order valence-corrected chi connectivity index (χ4v) is 3.09. The molecular weight excluding hydrogens is 337 g/mol. The van der Waals surface area contributed by atoms with Gasteiger partial charge in [-0.3, -0.25) is 9.48 Å². The number of benzene rings is 2. The Morgan fingerprint density at radius 3 is 2.88 bits per heavy atom. The number of rotatable bonds is 3. The van der Waals surface area contributed by atoms with Crippen molar-refractivity contribution in [2.75, 3.05) is 19.0 Å². The Morgan fingerprint density at radius 1 is 1.23 bits per heavy atom. The Balaban J connectivity index is 1.86. The second-order valence-corrected chi connectivity index (χ2v) is 5.92. The second kappa shape index (κ2) is 6.18. The molecule has 0 unspecified atom stereocenters. The standard InChI is InChI=1S/C19H16FN3O3/c1-23-19(11-3-6-16-15(7-11)22-18(24)10-26-16)14(9-21-23)13-5-4-12(20)8-17(13)25-2/h3-9H,10H2,1-2H3,(H,22,24). The summed E-state index contributed by atoms with van der Waals surface area (Å²) in [6.07, 6.45) is 1.71. The van der Waals surface area contributed by atoms with E-state index in [0.717, 1.165) is 22.4 Å². The zero-order chi connectivity index (χ0) is 18.3. The number of hydrogen-bond acceptors (Lipinski definition) is 4. The fraction of sp³-hybridized carbons (Fsp3) is 0.158. The van der Waals surface area contributed by atoms with Crippen LogP contribution in [0.1, 0.15) is 0 Å². The Morgan fingerprint density at radius 2 is 2.08 bits per heavy atom. The Bertz CT molecular complexity index is 1010.